The average molecular weight is 329 g/mol. The summed E-state index contributed by atoms with van der Waals surface area (Å²) in [5.74, 6) is 0. The highest BCUT2D eigenvalue weighted by Crippen LogP contribution is 2.37. The number of thiazole rings is 1. The minimum Gasteiger partial charge on any atom is -0.248 e. The van der Waals surface area contributed by atoms with Crippen molar-refractivity contribution in [3.8, 4) is 0 Å². The zero-order chi connectivity index (χ0) is 14.2. The molecule has 106 valence electrons. The molecule has 0 spiro atoms. The van der Waals surface area contributed by atoms with Crippen molar-refractivity contribution in [1.82, 2.24) is 9.29 Å². The third kappa shape index (κ3) is 2.48. The Hall–Kier alpha value is -0.950. The number of hydrogen-bond donors (Lipinski definition) is 0. The Bertz CT molecular complexity index is 701. The van der Waals surface area contributed by atoms with E-state index in [-0.39, 0.29) is 10.9 Å². The first-order valence-electron chi connectivity index (χ1n) is 6.26. The summed E-state index contributed by atoms with van der Waals surface area (Å²) in [6, 6.07) is 6.25. The lowest BCUT2D eigenvalue weighted by atomic mass is 10.2. The lowest BCUT2D eigenvalue weighted by Crippen LogP contribution is -2.30. The topological polar surface area (TPSA) is 50.3 Å². The molecule has 0 aliphatic carbocycles. The fraction of sp³-hybridized carbons (Fsp3) is 0.308. The molecule has 3 rings (SSSR count). The second-order valence-corrected chi connectivity index (χ2v) is 7.85. The monoisotopic (exact) mass is 328 g/mol. The summed E-state index contributed by atoms with van der Waals surface area (Å²) < 4.78 is 27.0. The van der Waals surface area contributed by atoms with Crippen LogP contribution in [-0.4, -0.2) is 24.3 Å². The van der Waals surface area contributed by atoms with Crippen molar-refractivity contribution < 1.29 is 8.42 Å². The zero-order valence-corrected chi connectivity index (χ0v) is 13.0. The van der Waals surface area contributed by atoms with E-state index < -0.39 is 10.0 Å². The van der Waals surface area contributed by atoms with Crippen LogP contribution in [0.2, 0.25) is 5.02 Å². The summed E-state index contributed by atoms with van der Waals surface area (Å²) in [5.41, 5.74) is 0. The van der Waals surface area contributed by atoms with E-state index in [4.69, 9.17) is 11.6 Å². The van der Waals surface area contributed by atoms with Crippen LogP contribution in [0, 0.1) is 0 Å². The molecule has 1 aromatic carbocycles. The Morgan fingerprint density at radius 1 is 1.40 bits per heavy atom. The van der Waals surface area contributed by atoms with Crippen LogP contribution < -0.4 is 0 Å². The van der Waals surface area contributed by atoms with Crippen LogP contribution in [0.1, 0.15) is 23.9 Å². The van der Waals surface area contributed by atoms with Gasteiger partial charge in [-0.2, -0.15) is 4.31 Å². The second-order valence-electron chi connectivity index (χ2n) is 4.60. The Morgan fingerprint density at radius 2 is 2.25 bits per heavy atom. The molecule has 0 amide bonds. The van der Waals surface area contributed by atoms with Gasteiger partial charge in [-0.15, -0.1) is 11.3 Å². The van der Waals surface area contributed by atoms with Crippen LogP contribution in [0.15, 0.2) is 40.7 Å². The highest BCUT2D eigenvalue weighted by Gasteiger charge is 2.37. The SMILES string of the molecule is O=S(=O)(c1cccc(Cl)c1)N1CCCC1c1nccs1. The van der Waals surface area contributed by atoms with Crippen LogP contribution >= 0.6 is 22.9 Å². The molecule has 2 heterocycles. The van der Waals surface area contributed by atoms with Crippen LogP contribution in [0.3, 0.4) is 0 Å². The molecule has 20 heavy (non-hydrogen) atoms. The van der Waals surface area contributed by atoms with E-state index in [1.54, 1.807) is 24.4 Å². The molecule has 4 nitrogen and oxygen atoms in total. The molecule has 1 aliphatic rings. The highest BCUT2D eigenvalue weighted by atomic mass is 35.5. The Morgan fingerprint density at radius 3 is 2.95 bits per heavy atom. The predicted octanol–water partition coefficient (Wildman–Crippen LogP) is 3.32. The zero-order valence-electron chi connectivity index (χ0n) is 10.6. The number of nitrogens with zero attached hydrogens (tertiary/aromatic N) is 2. The van der Waals surface area contributed by atoms with E-state index in [2.05, 4.69) is 4.98 Å². The van der Waals surface area contributed by atoms with Gasteiger partial charge in [-0.05, 0) is 31.0 Å². The van der Waals surface area contributed by atoms with Crippen LogP contribution in [0.25, 0.3) is 0 Å². The quantitative estimate of drug-likeness (QED) is 0.868. The first kappa shape index (κ1) is 14.0. The van der Waals surface area contributed by atoms with Gasteiger partial charge in [0.2, 0.25) is 10.0 Å². The summed E-state index contributed by atoms with van der Waals surface area (Å²) in [5, 5.41) is 3.15. The summed E-state index contributed by atoms with van der Waals surface area (Å²) in [7, 11) is -3.52. The molecule has 2 aromatic rings. The first-order valence-corrected chi connectivity index (χ1v) is 8.95. The number of halogens is 1. The van der Waals surface area contributed by atoms with Gasteiger partial charge in [0.05, 0.1) is 10.9 Å². The van der Waals surface area contributed by atoms with E-state index >= 15 is 0 Å². The van der Waals surface area contributed by atoms with Gasteiger partial charge in [-0.3, -0.25) is 0 Å². The molecular weight excluding hydrogens is 316 g/mol. The number of sulfonamides is 1. The van der Waals surface area contributed by atoms with Crippen LogP contribution in [0.5, 0.6) is 0 Å². The largest absolute Gasteiger partial charge is 0.248 e. The van der Waals surface area contributed by atoms with Crippen LogP contribution in [0.4, 0.5) is 0 Å². The van der Waals surface area contributed by atoms with E-state index in [1.807, 2.05) is 5.38 Å². The maximum atomic E-state index is 12.7. The molecular formula is C13H13ClN2O2S2. The molecule has 1 saturated heterocycles. The standard InChI is InChI=1S/C13H13ClN2O2S2/c14-10-3-1-4-11(9-10)20(17,18)16-7-2-5-12(16)13-15-6-8-19-13/h1,3-4,6,8-9,12H,2,5,7H2. The van der Waals surface area contributed by atoms with E-state index in [9.17, 15) is 8.42 Å². The van der Waals surface area contributed by atoms with Gasteiger partial charge >= 0.3 is 0 Å². The van der Waals surface area contributed by atoms with E-state index in [0.717, 1.165) is 17.8 Å². The lowest BCUT2D eigenvalue weighted by Gasteiger charge is -2.22. The summed E-state index contributed by atoms with van der Waals surface area (Å²) >= 11 is 7.40. The highest BCUT2D eigenvalue weighted by molar-refractivity contribution is 7.89. The maximum Gasteiger partial charge on any atom is 0.243 e. The van der Waals surface area contributed by atoms with E-state index in [0.29, 0.717) is 11.6 Å². The van der Waals surface area contributed by atoms with Gasteiger partial charge in [0.1, 0.15) is 5.01 Å². The Balaban J connectivity index is 1.98. The molecule has 0 bridgehead atoms. The molecule has 1 fully saturated rings. The number of aromatic nitrogens is 1. The smallest absolute Gasteiger partial charge is 0.243 e. The fourth-order valence-electron chi connectivity index (χ4n) is 2.44. The summed E-state index contributed by atoms with van der Waals surface area (Å²) in [6.45, 7) is 0.527. The van der Waals surface area contributed by atoms with Crippen molar-refractivity contribution in [2.24, 2.45) is 0 Å². The third-order valence-electron chi connectivity index (χ3n) is 3.34. The van der Waals surface area contributed by atoms with Crippen LogP contribution in [-0.2, 0) is 10.0 Å². The molecule has 1 aliphatic heterocycles. The first-order chi connectivity index (χ1) is 9.59. The normalized spacial score (nSPS) is 20.4. The molecule has 1 unspecified atom stereocenters. The Labute approximate surface area is 127 Å². The number of hydrogen-bond acceptors (Lipinski definition) is 4. The van der Waals surface area contributed by atoms with Crippen molar-refractivity contribution in [1.29, 1.82) is 0 Å². The third-order valence-corrected chi connectivity index (χ3v) is 6.36. The molecule has 7 heteroatoms. The van der Waals surface area contributed by atoms with Crippen molar-refractivity contribution in [3.05, 3.63) is 45.9 Å². The molecule has 0 N–H and O–H groups in total. The molecule has 1 atom stereocenters. The minimum absolute atomic E-state index is 0.154. The van der Waals surface area contributed by atoms with E-state index in [1.165, 1.54) is 21.7 Å². The second kappa shape index (κ2) is 5.44. The maximum absolute atomic E-state index is 12.7. The predicted molar refractivity (Wildman–Crippen MR) is 79.4 cm³/mol. The van der Waals surface area contributed by atoms with Gasteiger partial charge in [-0.1, -0.05) is 17.7 Å². The average Bonchev–Trinajstić information content (AvgIpc) is 3.09. The molecule has 0 saturated carbocycles. The fourth-order valence-corrected chi connectivity index (χ4v) is 5.25. The summed E-state index contributed by atoms with van der Waals surface area (Å²) in [4.78, 5) is 4.50. The number of benzene rings is 1. The van der Waals surface area contributed by atoms with Crippen molar-refractivity contribution >= 4 is 33.0 Å². The molecule has 0 radical (unpaired) electrons. The van der Waals surface area contributed by atoms with Gasteiger partial charge in [0.25, 0.3) is 0 Å². The van der Waals surface area contributed by atoms with Crippen molar-refractivity contribution in [3.63, 3.8) is 0 Å². The molecule has 1 aromatic heterocycles. The van der Waals surface area contributed by atoms with Gasteiger partial charge in [0, 0.05) is 23.1 Å². The number of rotatable bonds is 3. The lowest BCUT2D eigenvalue weighted by molar-refractivity contribution is 0.395. The van der Waals surface area contributed by atoms with Gasteiger partial charge < -0.3 is 0 Å². The van der Waals surface area contributed by atoms with Gasteiger partial charge in [-0.25, -0.2) is 13.4 Å². The van der Waals surface area contributed by atoms with Crippen molar-refractivity contribution in [2.45, 2.75) is 23.8 Å². The van der Waals surface area contributed by atoms with Crippen molar-refractivity contribution in [2.75, 3.05) is 6.54 Å². The minimum atomic E-state index is -3.52. The summed E-state index contributed by atoms with van der Waals surface area (Å²) in [6.07, 6.45) is 3.37. The Kier molecular flexibility index (Phi) is 3.81. The van der Waals surface area contributed by atoms with Gasteiger partial charge in [0.15, 0.2) is 0 Å².